The first-order valence-electron chi connectivity index (χ1n) is 5.73. The zero-order valence-corrected chi connectivity index (χ0v) is 10.3. The summed E-state index contributed by atoms with van der Waals surface area (Å²) >= 11 is 0. The minimum absolute atomic E-state index is 0.184. The van der Waals surface area contributed by atoms with Gasteiger partial charge in [-0.25, -0.2) is 0 Å². The zero-order valence-electron chi connectivity index (χ0n) is 10.3. The Hall–Kier alpha value is -1.96. The predicted molar refractivity (Wildman–Crippen MR) is 73.8 cm³/mol. The number of benzene rings is 2. The van der Waals surface area contributed by atoms with Gasteiger partial charge in [0.15, 0.2) is 0 Å². The van der Waals surface area contributed by atoms with Crippen LogP contribution in [0.15, 0.2) is 48.5 Å². The topological polar surface area (TPSA) is 52.0 Å². The van der Waals surface area contributed by atoms with E-state index in [4.69, 9.17) is 11.5 Å². The van der Waals surface area contributed by atoms with E-state index in [0.29, 0.717) is 0 Å². The summed E-state index contributed by atoms with van der Waals surface area (Å²) < 4.78 is 0. The summed E-state index contributed by atoms with van der Waals surface area (Å²) in [6.07, 6.45) is 0. The Bertz CT molecular complexity index is 482. The quantitative estimate of drug-likeness (QED) is 0.773. The molecule has 4 N–H and O–H groups in total. The van der Waals surface area contributed by atoms with Crippen LogP contribution in [0.2, 0.25) is 0 Å². The second-order valence-corrected chi connectivity index (χ2v) is 4.80. The Morgan fingerprint density at radius 1 is 0.706 bits per heavy atom. The first-order chi connectivity index (χ1) is 8.03. The lowest BCUT2D eigenvalue weighted by atomic mass is 9.76. The molecule has 17 heavy (non-hydrogen) atoms. The molecule has 0 saturated heterocycles. The molecule has 2 nitrogen and oxygen atoms in total. The first kappa shape index (κ1) is 11.5. The molecule has 0 unspecified atom stereocenters. The minimum Gasteiger partial charge on any atom is -0.398 e. The molecule has 0 saturated carbocycles. The molecule has 2 aromatic rings. The van der Waals surface area contributed by atoms with E-state index < -0.39 is 0 Å². The Kier molecular flexibility index (Phi) is 2.80. The van der Waals surface area contributed by atoms with E-state index in [1.54, 1.807) is 0 Å². The molecular formula is C15H18N2. The van der Waals surface area contributed by atoms with E-state index in [2.05, 4.69) is 26.0 Å². The van der Waals surface area contributed by atoms with Crippen LogP contribution in [0, 0.1) is 0 Å². The molecule has 88 valence electrons. The Morgan fingerprint density at radius 3 is 1.41 bits per heavy atom. The summed E-state index contributed by atoms with van der Waals surface area (Å²) in [6.45, 7) is 4.29. The summed E-state index contributed by atoms with van der Waals surface area (Å²) in [4.78, 5) is 0. The average molecular weight is 226 g/mol. The highest BCUT2D eigenvalue weighted by Crippen LogP contribution is 2.37. The third kappa shape index (κ3) is 1.98. The highest BCUT2D eigenvalue weighted by Gasteiger charge is 2.26. The van der Waals surface area contributed by atoms with Gasteiger partial charge in [0.05, 0.1) is 0 Å². The van der Waals surface area contributed by atoms with Gasteiger partial charge in [-0.05, 0) is 23.3 Å². The largest absolute Gasteiger partial charge is 0.398 e. The summed E-state index contributed by atoms with van der Waals surface area (Å²) in [7, 11) is 0. The maximum atomic E-state index is 6.05. The van der Waals surface area contributed by atoms with Crippen LogP contribution in [-0.4, -0.2) is 0 Å². The molecule has 0 bridgehead atoms. The van der Waals surface area contributed by atoms with Gasteiger partial charge in [-0.3, -0.25) is 0 Å². The van der Waals surface area contributed by atoms with Crippen molar-refractivity contribution in [1.82, 2.24) is 0 Å². The van der Waals surface area contributed by atoms with Gasteiger partial charge in [-0.15, -0.1) is 0 Å². The highest BCUT2D eigenvalue weighted by molar-refractivity contribution is 5.60. The van der Waals surface area contributed by atoms with Gasteiger partial charge < -0.3 is 11.5 Å². The fourth-order valence-corrected chi connectivity index (χ4v) is 2.28. The molecule has 0 aromatic heterocycles. The van der Waals surface area contributed by atoms with Crippen molar-refractivity contribution < 1.29 is 0 Å². The molecule has 0 aliphatic carbocycles. The van der Waals surface area contributed by atoms with Crippen LogP contribution in [-0.2, 0) is 5.41 Å². The van der Waals surface area contributed by atoms with Crippen molar-refractivity contribution in [2.24, 2.45) is 0 Å². The number of nitrogens with two attached hydrogens (primary N) is 2. The van der Waals surface area contributed by atoms with E-state index in [1.165, 1.54) is 0 Å². The maximum absolute atomic E-state index is 6.05. The van der Waals surface area contributed by atoms with Crippen LogP contribution in [0.3, 0.4) is 0 Å². The maximum Gasteiger partial charge on any atom is 0.0355 e. The SMILES string of the molecule is CC(C)(c1ccccc1N)c1ccccc1N. The van der Waals surface area contributed by atoms with Crippen molar-refractivity contribution in [2.75, 3.05) is 11.5 Å². The van der Waals surface area contributed by atoms with Crippen molar-refractivity contribution in [3.8, 4) is 0 Å². The molecular weight excluding hydrogens is 208 g/mol. The lowest BCUT2D eigenvalue weighted by Crippen LogP contribution is -2.22. The van der Waals surface area contributed by atoms with Crippen LogP contribution >= 0.6 is 0 Å². The Labute approximate surface area is 102 Å². The predicted octanol–water partition coefficient (Wildman–Crippen LogP) is 3.18. The summed E-state index contributed by atoms with van der Waals surface area (Å²) in [6, 6.07) is 15.9. The number of hydrogen-bond donors (Lipinski definition) is 2. The number of para-hydroxylation sites is 2. The van der Waals surface area contributed by atoms with Crippen molar-refractivity contribution in [3.05, 3.63) is 59.7 Å². The van der Waals surface area contributed by atoms with Crippen LogP contribution < -0.4 is 11.5 Å². The molecule has 0 aliphatic rings. The molecule has 2 aromatic carbocycles. The first-order valence-corrected chi connectivity index (χ1v) is 5.73. The van der Waals surface area contributed by atoms with E-state index in [0.717, 1.165) is 22.5 Å². The average Bonchev–Trinajstić information content (AvgIpc) is 2.29. The van der Waals surface area contributed by atoms with E-state index in [-0.39, 0.29) is 5.41 Å². The van der Waals surface area contributed by atoms with Gasteiger partial charge in [0.2, 0.25) is 0 Å². The lowest BCUT2D eigenvalue weighted by molar-refractivity contribution is 0.646. The van der Waals surface area contributed by atoms with Crippen molar-refractivity contribution in [2.45, 2.75) is 19.3 Å². The van der Waals surface area contributed by atoms with E-state index in [1.807, 2.05) is 36.4 Å². The third-order valence-corrected chi connectivity index (χ3v) is 3.27. The summed E-state index contributed by atoms with van der Waals surface area (Å²) in [5, 5.41) is 0. The van der Waals surface area contributed by atoms with E-state index in [9.17, 15) is 0 Å². The van der Waals surface area contributed by atoms with Crippen LogP contribution in [0.4, 0.5) is 11.4 Å². The second-order valence-electron chi connectivity index (χ2n) is 4.80. The zero-order chi connectivity index (χ0) is 12.5. The standard InChI is InChI=1S/C15H18N2/c1-15(2,11-7-3-5-9-13(11)16)12-8-4-6-10-14(12)17/h3-10H,16-17H2,1-2H3. The van der Waals surface area contributed by atoms with Gasteiger partial charge >= 0.3 is 0 Å². The molecule has 0 atom stereocenters. The van der Waals surface area contributed by atoms with Gasteiger partial charge in [0.25, 0.3) is 0 Å². The fraction of sp³-hybridized carbons (Fsp3) is 0.200. The fourth-order valence-electron chi connectivity index (χ4n) is 2.28. The third-order valence-electron chi connectivity index (χ3n) is 3.27. The molecule has 2 heteroatoms. The van der Waals surface area contributed by atoms with Crippen molar-refractivity contribution in [1.29, 1.82) is 0 Å². The molecule has 0 aliphatic heterocycles. The van der Waals surface area contributed by atoms with Gasteiger partial charge in [0, 0.05) is 16.8 Å². The van der Waals surface area contributed by atoms with Crippen LogP contribution in [0.5, 0.6) is 0 Å². The van der Waals surface area contributed by atoms with Crippen molar-refractivity contribution >= 4 is 11.4 Å². The second kappa shape index (κ2) is 4.13. The molecule has 2 rings (SSSR count). The van der Waals surface area contributed by atoms with E-state index >= 15 is 0 Å². The Balaban J connectivity index is 2.58. The van der Waals surface area contributed by atoms with Gasteiger partial charge in [-0.2, -0.15) is 0 Å². The highest BCUT2D eigenvalue weighted by atomic mass is 14.6. The molecule has 0 amide bonds. The smallest absolute Gasteiger partial charge is 0.0355 e. The molecule has 0 fully saturated rings. The normalized spacial score (nSPS) is 11.4. The van der Waals surface area contributed by atoms with Gasteiger partial charge in [-0.1, -0.05) is 50.2 Å². The summed E-state index contributed by atoms with van der Waals surface area (Å²) in [5.41, 5.74) is 15.8. The molecule has 0 radical (unpaired) electrons. The number of anilines is 2. The Morgan fingerprint density at radius 2 is 1.06 bits per heavy atom. The molecule has 0 spiro atoms. The number of hydrogen-bond acceptors (Lipinski definition) is 2. The number of rotatable bonds is 2. The monoisotopic (exact) mass is 226 g/mol. The number of nitrogen functional groups attached to an aromatic ring is 2. The van der Waals surface area contributed by atoms with Crippen LogP contribution in [0.1, 0.15) is 25.0 Å². The van der Waals surface area contributed by atoms with Crippen molar-refractivity contribution in [3.63, 3.8) is 0 Å². The summed E-state index contributed by atoms with van der Waals surface area (Å²) in [5.74, 6) is 0. The lowest BCUT2D eigenvalue weighted by Gasteiger charge is -2.28. The molecule has 0 heterocycles. The minimum atomic E-state index is -0.184. The van der Waals surface area contributed by atoms with Gasteiger partial charge in [0.1, 0.15) is 0 Å². The van der Waals surface area contributed by atoms with Crippen LogP contribution in [0.25, 0.3) is 0 Å².